The highest BCUT2D eigenvalue weighted by Gasteiger charge is 2.29. The van der Waals surface area contributed by atoms with Gasteiger partial charge in [0.2, 0.25) is 11.8 Å². The van der Waals surface area contributed by atoms with Gasteiger partial charge in [-0.15, -0.1) is 12.4 Å². The van der Waals surface area contributed by atoms with Gasteiger partial charge in [-0.2, -0.15) is 0 Å². The molecule has 0 radical (unpaired) electrons. The monoisotopic (exact) mass is 351 g/mol. The van der Waals surface area contributed by atoms with Gasteiger partial charge in [0.1, 0.15) is 0 Å². The number of rotatable bonds is 5. The SMILES string of the molecule is CC(NC(=O)C1CCNCC1)c1ccc(NC(=O)C2CC2)cc1.Cl. The minimum atomic E-state index is -0.0226. The third kappa shape index (κ3) is 4.95. The first-order chi connectivity index (χ1) is 11.1. The zero-order chi connectivity index (χ0) is 16.2. The molecule has 1 saturated heterocycles. The summed E-state index contributed by atoms with van der Waals surface area (Å²) in [6, 6.07) is 7.72. The number of hydrogen-bond donors (Lipinski definition) is 3. The molecule has 6 heteroatoms. The van der Waals surface area contributed by atoms with E-state index >= 15 is 0 Å². The van der Waals surface area contributed by atoms with Crippen LogP contribution in [-0.2, 0) is 9.59 Å². The normalized spacial score (nSPS) is 19.0. The number of carbonyl (C=O) groups is 2. The van der Waals surface area contributed by atoms with E-state index < -0.39 is 0 Å². The molecule has 2 amide bonds. The van der Waals surface area contributed by atoms with E-state index in [4.69, 9.17) is 0 Å². The van der Waals surface area contributed by atoms with Gasteiger partial charge in [-0.1, -0.05) is 12.1 Å². The van der Waals surface area contributed by atoms with E-state index in [0.29, 0.717) is 0 Å². The quantitative estimate of drug-likeness (QED) is 0.763. The molecule has 1 aromatic carbocycles. The smallest absolute Gasteiger partial charge is 0.227 e. The van der Waals surface area contributed by atoms with Crippen molar-refractivity contribution in [2.75, 3.05) is 18.4 Å². The van der Waals surface area contributed by atoms with Crippen molar-refractivity contribution in [3.8, 4) is 0 Å². The van der Waals surface area contributed by atoms with Crippen molar-refractivity contribution < 1.29 is 9.59 Å². The molecule has 1 saturated carbocycles. The van der Waals surface area contributed by atoms with Crippen LogP contribution in [0.15, 0.2) is 24.3 Å². The molecule has 0 aromatic heterocycles. The highest BCUT2D eigenvalue weighted by molar-refractivity contribution is 5.94. The van der Waals surface area contributed by atoms with Crippen LogP contribution in [0.2, 0.25) is 0 Å². The molecule has 3 N–H and O–H groups in total. The lowest BCUT2D eigenvalue weighted by molar-refractivity contribution is -0.126. The molecule has 1 atom stereocenters. The van der Waals surface area contributed by atoms with Crippen LogP contribution < -0.4 is 16.0 Å². The van der Waals surface area contributed by atoms with Crippen molar-refractivity contribution in [2.45, 2.75) is 38.6 Å². The fraction of sp³-hybridized carbons (Fsp3) is 0.556. The Bertz CT molecular complexity index is 566. The molecule has 2 fully saturated rings. The topological polar surface area (TPSA) is 70.2 Å². The Morgan fingerprint density at radius 3 is 2.17 bits per heavy atom. The van der Waals surface area contributed by atoms with Crippen LogP contribution in [0.5, 0.6) is 0 Å². The summed E-state index contributed by atoms with van der Waals surface area (Å²) in [6.07, 6.45) is 3.82. The van der Waals surface area contributed by atoms with E-state index in [0.717, 1.165) is 50.0 Å². The minimum Gasteiger partial charge on any atom is -0.349 e. The van der Waals surface area contributed by atoms with Crippen LogP contribution in [0.4, 0.5) is 5.69 Å². The summed E-state index contributed by atoms with van der Waals surface area (Å²) in [5, 5.41) is 9.30. The number of anilines is 1. The van der Waals surface area contributed by atoms with Crippen LogP contribution in [0, 0.1) is 11.8 Å². The van der Waals surface area contributed by atoms with E-state index in [-0.39, 0.29) is 42.1 Å². The predicted octanol–water partition coefficient (Wildman–Crippen LogP) is 2.63. The summed E-state index contributed by atoms with van der Waals surface area (Å²) >= 11 is 0. The van der Waals surface area contributed by atoms with Crippen molar-refractivity contribution in [3.05, 3.63) is 29.8 Å². The van der Waals surface area contributed by atoms with E-state index in [1.807, 2.05) is 31.2 Å². The van der Waals surface area contributed by atoms with Gasteiger partial charge in [-0.3, -0.25) is 9.59 Å². The van der Waals surface area contributed by atoms with E-state index in [9.17, 15) is 9.59 Å². The first kappa shape index (κ1) is 18.7. The highest BCUT2D eigenvalue weighted by Crippen LogP contribution is 2.30. The first-order valence-corrected chi connectivity index (χ1v) is 8.55. The van der Waals surface area contributed by atoms with Gasteiger partial charge in [0.25, 0.3) is 0 Å². The zero-order valence-electron chi connectivity index (χ0n) is 14.0. The summed E-state index contributed by atoms with van der Waals surface area (Å²) in [6.45, 7) is 3.83. The lowest BCUT2D eigenvalue weighted by Gasteiger charge is -2.24. The van der Waals surface area contributed by atoms with Gasteiger partial charge in [0.15, 0.2) is 0 Å². The Balaban J connectivity index is 0.00000208. The summed E-state index contributed by atoms with van der Waals surface area (Å²) in [5.41, 5.74) is 1.87. The highest BCUT2D eigenvalue weighted by atomic mass is 35.5. The Hall–Kier alpha value is -1.59. The van der Waals surface area contributed by atoms with Gasteiger partial charge in [0.05, 0.1) is 6.04 Å². The maximum atomic E-state index is 12.3. The maximum Gasteiger partial charge on any atom is 0.227 e. The molecule has 0 spiro atoms. The molecular formula is C18H26ClN3O2. The molecule has 24 heavy (non-hydrogen) atoms. The molecule has 1 aliphatic heterocycles. The van der Waals surface area contributed by atoms with Crippen molar-refractivity contribution in [1.29, 1.82) is 0 Å². The average molecular weight is 352 g/mol. The van der Waals surface area contributed by atoms with Crippen LogP contribution in [0.1, 0.15) is 44.2 Å². The number of nitrogens with one attached hydrogen (secondary N) is 3. The fourth-order valence-corrected chi connectivity index (χ4v) is 2.94. The first-order valence-electron chi connectivity index (χ1n) is 8.55. The third-order valence-electron chi connectivity index (χ3n) is 4.70. The fourth-order valence-electron chi connectivity index (χ4n) is 2.94. The van der Waals surface area contributed by atoms with E-state index in [1.54, 1.807) is 0 Å². The lowest BCUT2D eigenvalue weighted by atomic mass is 9.96. The molecule has 0 bridgehead atoms. The Morgan fingerprint density at radius 1 is 1.00 bits per heavy atom. The molecular weight excluding hydrogens is 326 g/mol. The van der Waals surface area contributed by atoms with Crippen molar-refractivity contribution in [1.82, 2.24) is 10.6 Å². The van der Waals surface area contributed by atoms with Crippen molar-refractivity contribution in [3.63, 3.8) is 0 Å². The van der Waals surface area contributed by atoms with Crippen LogP contribution in [-0.4, -0.2) is 24.9 Å². The minimum absolute atomic E-state index is 0. The van der Waals surface area contributed by atoms with Crippen molar-refractivity contribution >= 4 is 29.9 Å². The summed E-state index contributed by atoms with van der Waals surface area (Å²) in [7, 11) is 0. The van der Waals surface area contributed by atoms with E-state index in [1.165, 1.54) is 0 Å². The van der Waals surface area contributed by atoms with Gasteiger partial charge in [-0.25, -0.2) is 0 Å². The zero-order valence-corrected chi connectivity index (χ0v) is 14.8. The van der Waals surface area contributed by atoms with Crippen LogP contribution in [0.25, 0.3) is 0 Å². The molecule has 1 aromatic rings. The summed E-state index contributed by atoms with van der Waals surface area (Å²) in [4.78, 5) is 24.0. The average Bonchev–Trinajstić information content (AvgIpc) is 3.41. The van der Waals surface area contributed by atoms with Gasteiger partial charge in [-0.05, 0) is 63.4 Å². The molecule has 1 unspecified atom stereocenters. The largest absolute Gasteiger partial charge is 0.349 e. The summed E-state index contributed by atoms with van der Waals surface area (Å²) in [5.74, 6) is 0.587. The van der Waals surface area contributed by atoms with E-state index in [2.05, 4.69) is 16.0 Å². The number of hydrogen-bond acceptors (Lipinski definition) is 3. The Morgan fingerprint density at radius 2 is 1.58 bits per heavy atom. The van der Waals surface area contributed by atoms with Crippen LogP contribution >= 0.6 is 12.4 Å². The lowest BCUT2D eigenvalue weighted by Crippen LogP contribution is -2.39. The second kappa shape index (κ2) is 8.49. The van der Waals surface area contributed by atoms with Gasteiger partial charge >= 0.3 is 0 Å². The molecule has 1 heterocycles. The molecule has 1 aliphatic carbocycles. The predicted molar refractivity (Wildman–Crippen MR) is 97.2 cm³/mol. The molecule has 5 nitrogen and oxygen atoms in total. The third-order valence-corrected chi connectivity index (χ3v) is 4.70. The Kier molecular flexibility index (Phi) is 6.63. The second-order valence-corrected chi connectivity index (χ2v) is 6.64. The molecule has 132 valence electrons. The van der Waals surface area contributed by atoms with Gasteiger partial charge in [0, 0.05) is 17.5 Å². The summed E-state index contributed by atoms with van der Waals surface area (Å²) < 4.78 is 0. The maximum absolute atomic E-state index is 12.3. The number of piperidine rings is 1. The number of carbonyl (C=O) groups excluding carboxylic acids is 2. The van der Waals surface area contributed by atoms with Crippen molar-refractivity contribution in [2.24, 2.45) is 11.8 Å². The number of halogens is 1. The molecule has 2 aliphatic rings. The number of benzene rings is 1. The van der Waals surface area contributed by atoms with Crippen LogP contribution in [0.3, 0.4) is 0 Å². The molecule has 3 rings (SSSR count). The number of amides is 2. The second-order valence-electron chi connectivity index (χ2n) is 6.64. The standard InChI is InChI=1S/C18H25N3O2.ClH/c1-12(20-17(22)15-8-10-19-11-9-15)13-4-6-16(7-5-13)21-18(23)14-2-3-14;/h4-7,12,14-15,19H,2-3,8-11H2,1H3,(H,20,22)(H,21,23);1H. The van der Waals surface area contributed by atoms with Gasteiger partial charge < -0.3 is 16.0 Å². The Labute approximate surface area is 149 Å².